The average Bonchev–Trinajstić information content (AvgIpc) is 3.42. The van der Waals surface area contributed by atoms with E-state index < -0.39 is 23.6 Å². The zero-order chi connectivity index (χ0) is 22.7. The molecule has 1 aliphatic heterocycles. The topological polar surface area (TPSA) is 90.1 Å². The van der Waals surface area contributed by atoms with E-state index in [2.05, 4.69) is 20.6 Å². The van der Waals surface area contributed by atoms with Crippen molar-refractivity contribution in [1.29, 1.82) is 0 Å². The summed E-state index contributed by atoms with van der Waals surface area (Å²) in [6.07, 6.45) is 5.11. The quantitative estimate of drug-likeness (QED) is 0.525. The van der Waals surface area contributed by atoms with Crippen molar-refractivity contribution in [3.63, 3.8) is 0 Å². The van der Waals surface area contributed by atoms with Gasteiger partial charge in [-0.05, 0) is 61.8 Å². The summed E-state index contributed by atoms with van der Waals surface area (Å²) in [6, 6.07) is 6.04. The summed E-state index contributed by atoms with van der Waals surface area (Å²) in [5.74, 6) is -2.60. The Balaban J connectivity index is 1.47. The largest absolute Gasteiger partial charge is 0.350 e. The molecule has 7 nitrogen and oxygen atoms in total. The highest BCUT2D eigenvalue weighted by Crippen LogP contribution is 2.16. The maximum Gasteiger partial charge on any atom is 0.243 e. The van der Waals surface area contributed by atoms with Crippen LogP contribution in [0.5, 0.6) is 0 Å². The van der Waals surface area contributed by atoms with Crippen LogP contribution in [0.15, 0.2) is 42.7 Å². The van der Waals surface area contributed by atoms with E-state index in [9.17, 15) is 18.4 Å². The number of aromatic nitrogens is 2. The molecule has 1 fully saturated rings. The molecule has 1 saturated heterocycles. The average molecular weight is 441 g/mol. The fourth-order valence-electron chi connectivity index (χ4n) is 4.02. The van der Waals surface area contributed by atoms with Gasteiger partial charge in [0.2, 0.25) is 11.8 Å². The number of halogens is 2. The molecule has 3 N–H and O–H groups in total. The van der Waals surface area contributed by atoms with Crippen molar-refractivity contribution < 1.29 is 18.4 Å². The van der Waals surface area contributed by atoms with Crippen LogP contribution in [0.25, 0.3) is 11.0 Å². The fraction of sp³-hybridized carbons (Fsp3) is 0.348. The molecule has 0 radical (unpaired) electrons. The van der Waals surface area contributed by atoms with E-state index in [0.717, 1.165) is 41.7 Å². The SMILES string of the molecule is CN1CCC[C@H]1C(=O)N[C@@H](Cc1ccc(F)c(F)c1)C(=O)NCc1cnc2[nH]ccc2c1. The van der Waals surface area contributed by atoms with Crippen LogP contribution in [0, 0.1) is 11.6 Å². The van der Waals surface area contributed by atoms with Gasteiger partial charge in [0.1, 0.15) is 11.7 Å². The van der Waals surface area contributed by atoms with Gasteiger partial charge in [0.15, 0.2) is 11.6 Å². The molecule has 0 aliphatic carbocycles. The van der Waals surface area contributed by atoms with Crippen molar-refractivity contribution >= 4 is 22.8 Å². The first-order valence-electron chi connectivity index (χ1n) is 10.5. The molecular weight excluding hydrogens is 416 g/mol. The smallest absolute Gasteiger partial charge is 0.243 e. The Kier molecular flexibility index (Phi) is 6.45. The number of carbonyl (C=O) groups is 2. The van der Waals surface area contributed by atoms with Crippen molar-refractivity contribution in [3.05, 3.63) is 65.5 Å². The van der Waals surface area contributed by atoms with Crippen LogP contribution in [0.2, 0.25) is 0 Å². The van der Waals surface area contributed by atoms with Gasteiger partial charge in [0, 0.05) is 30.7 Å². The van der Waals surface area contributed by atoms with Crippen LogP contribution in [0.1, 0.15) is 24.0 Å². The van der Waals surface area contributed by atoms with E-state index in [4.69, 9.17) is 0 Å². The Morgan fingerprint density at radius 1 is 1.22 bits per heavy atom. The van der Waals surface area contributed by atoms with Crippen molar-refractivity contribution in [1.82, 2.24) is 25.5 Å². The summed E-state index contributed by atoms with van der Waals surface area (Å²) >= 11 is 0. The lowest BCUT2D eigenvalue weighted by molar-refractivity contribution is -0.131. The monoisotopic (exact) mass is 441 g/mol. The Bertz CT molecular complexity index is 1130. The first-order valence-corrected chi connectivity index (χ1v) is 10.5. The number of carbonyl (C=O) groups excluding carboxylic acids is 2. The molecule has 2 aromatic heterocycles. The lowest BCUT2D eigenvalue weighted by atomic mass is 10.0. The summed E-state index contributed by atoms with van der Waals surface area (Å²) in [6.45, 7) is 1.03. The molecule has 0 spiro atoms. The highest BCUT2D eigenvalue weighted by molar-refractivity contribution is 5.90. The maximum absolute atomic E-state index is 13.7. The molecule has 9 heteroatoms. The maximum atomic E-state index is 13.7. The second kappa shape index (κ2) is 9.44. The molecule has 4 rings (SSSR count). The van der Waals surface area contributed by atoms with Gasteiger partial charge in [-0.1, -0.05) is 6.07 Å². The summed E-state index contributed by atoms with van der Waals surface area (Å²) in [7, 11) is 1.87. The van der Waals surface area contributed by atoms with Crippen LogP contribution in [0.4, 0.5) is 8.78 Å². The lowest BCUT2D eigenvalue weighted by Gasteiger charge is -2.24. The minimum atomic E-state index is -0.991. The number of nitrogens with zero attached hydrogens (tertiary/aromatic N) is 2. The number of fused-ring (bicyclic) bond motifs is 1. The minimum absolute atomic E-state index is 0.0420. The number of rotatable bonds is 7. The third-order valence-corrected chi connectivity index (χ3v) is 5.80. The fourth-order valence-corrected chi connectivity index (χ4v) is 4.02. The summed E-state index contributed by atoms with van der Waals surface area (Å²) in [5, 5.41) is 6.55. The Morgan fingerprint density at radius 3 is 2.81 bits per heavy atom. The number of H-pyrrole nitrogens is 1. The Labute approximate surface area is 184 Å². The van der Waals surface area contributed by atoms with E-state index in [0.29, 0.717) is 12.0 Å². The summed E-state index contributed by atoms with van der Waals surface area (Å²) in [4.78, 5) is 35.0. The molecule has 1 aromatic carbocycles. The van der Waals surface area contributed by atoms with Crippen LogP contribution in [-0.2, 0) is 22.6 Å². The van der Waals surface area contributed by atoms with Gasteiger partial charge in [-0.15, -0.1) is 0 Å². The van der Waals surface area contributed by atoms with E-state index >= 15 is 0 Å². The van der Waals surface area contributed by atoms with Gasteiger partial charge in [-0.2, -0.15) is 0 Å². The number of nitrogens with one attached hydrogen (secondary N) is 3. The van der Waals surface area contributed by atoms with Crippen molar-refractivity contribution in [2.45, 2.75) is 37.9 Å². The predicted molar refractivity (Wildman–Crippen MR) is 116 cm³/mol. The van der Waals surface area contributed by atoms with Crippen molar-refractivity contribution in [2.24, 2.45) is 0 Å². The van der Waals surface area contributed by atoms with Gasteiger partial charge in [0.25, 0.3) is 0 Å². The number of benzene rings is 1. The molecule has 0 bridgehead atoms. The number of hydrogen-bond donors (Lipinski definition) is 3. The van der Waals surface area contributed by atoms with E-state index in [1.807, 2.05) is 24.1 Å². The van der Waals surface area contributed by atoms with E-state index in [1.54, 1.807) is 12.4 Å². The Morgan fingerprint density at radius 2 is 2.06 bits per heavy atom. The minimum Gasteiger partial charge on any atom is -0.350 e. The third kappa shape index (κ3) is 4.94. The number of likely N-dealkylation sites (N-methyl/N-ethyl adjacent to an activating group) is 1. The standard InChI is InChI=1S/C23H25F2N5O2/c1-30-8-2-3-20(30)23(32)29-19(11-14-4-5-17(24)18(25)10-14)22(31)28-13-15-9-16-6-7-26-21(16)27-12-15/h4-7,9-10,12,19-20H,2-3,8,11,13H2,1H3,(H,26,27)(H,28,31)(H,29,32)/t19-,20-/m0/s1. The zero-order valence-electron chi connectivity index (χ0n) is 17.7. The molecule has 1 aliphatic rings. The van der Waals surface area contributed by atoms with Crippen LogP contribution < -0.4 is 10.6 Å². The summed E-state index contributed by atoms with van der Waals surface area (Å²) in [5.41, 5.74) is 1.97. The zero-order valence-corrected chi connectivity index (χ0v) is 17.7. The number of likely N-dealkylation sites (tertiary alicyclic amines) is 1. The van der Waals surface area contributed by atoms with Gasteiger partial charge >= 0.3 is 0 Å². The van der Waals surface area contributed by atoms with Gasteiger partial charge in [-0.3, -0.25) is 14.5 Å². The molecule has 3 heterocycles. The first kappa shape index (κ1) is 21.9. The molecule has 0 saturated carbocycles. The summed E-state index contributed by atoms with van der Waals surface area (Å²) < 4.78 is 27.0. The number of amides is 2. The van der Waals surface area contributed by atoms with Gasteiger partial charge in [-0.25, -0.2) is 13.8 Å². The van der Waals surface area contributed by atoms with Crippen molar-refractivity contribution in [2.75, 3.05) is 13.6 Å². The molecule has 3 aromatic rings. The van der Waals surface area contributed by atoms with E-state index in [-0.39, 0.29) is 24.9 Å². The normalized spacial score (nSPS) is 17.4. The van der Waals surface area contributed by atoms with Crippen molar-refractivity contribution in [3.8, 4) is 0 Å². The third-order valence-electron chi connectivity index (χ3n) is 5.80. The second-order valence-corrected chi connectivity index (χ2v) is 8.13. The molecule has 32 heavy (non-hydrogen) atoms. The van der Waals surface area contributed by atoms with Crippen LogP contribution in [0.3, 0.4) is 0 Å². The van der Waals surface area contributed by atoms with Crippen LogP contribution in [-0.4, -0.2) is 52.4 Å². The Hall–Kier alpha value is -3.33. The highest BCUT2D eigenvalue weighted by Gasteiger charge is 2.31. The number of pyridine rings is 1. The van der Waals surface area contributed by atoms with Crippen LogP contribution >= 0.6 is 0 Å². The second-order valence-electron chi connectivity index (χ2n) is 8.13. The van der Waals surface area contributed by atoms with Gasteiger partial charge < -0.3 is 15.6 Å². The predicted octanol–water partition coefficient (Wildman–Crippen LogP) is 2.28. The first-order chi connectivity index (χ1) is 15.4. The van der Waals surface area contributed by atoms with E-state index in [1.165, 1.54) is 6.07 Å². The number of hydrogen-bond acceptors (Lipinski definition) is 4. The van der Waals surface area contributed by atoms with Gasteiger partial charge in [0.05, 0.1) is 6.04 Å². The highest BCUT2D eigenvalue weighted by atomic mass is 19.2. The molecule has 0 unspecified atom stereocenters. The lowest BCUT2D eigenvalue weighted by Crippen LogP contribution is -2.52. The number of aromatic amines is 1. The molecule has 2 amide bonds. The molecule has 168 valence electrons. The molecular formula is C23H25F2N5O2. The molecule has 2 atom stereocenters.